The predicted molar refractivity (Wildman–Crippen MR) is 148 cm³/mol. The zero-order valence-corrected chi connectivity index (χ0v) is 22.0. The number of hydrogen-bond acceptors (Lipinski definition) is 5. The Kier molecular flexibility index (Phi) is 8.64. The monoisotopic (exact) mass is 511 g/mol. The highest BCUT2D eigenvalue weighted by Gasteiger charge is 2.43. The summed E-state index contributed by atoms with van der Waals surface area (Å²) in [5, 5.41) is 10.9. The SMILES string of the molecule is COc1cc(C2C(C(=O)/C=C/c3ccccc3)=C(O)C(=O)N2Cc2ccccc2)ccc1OCCC(C)C. The lowest BCUT2D eigenvalue weighted by Gasteiger charge is -2.27. The minimum atomic E-state index is -0.797. The van der Waals surface area contributed by atoms with E-state index in [0.717, 1.165) is 17.5 Å². The van der Waals surface area contributed by atoms with Crippen LogP contribution in [0.2, 0.25) is 0 Å². The van der Waals surface area contributed by atoms with Gasteiger partial charge >= 0.3 is 0 Å². The van der Waals surface area contributed by atoms with Crippen LogP contribution in [0.15, 0.2) is 96.3 Å². The van der Waals surface area contributed by atoms with Gasteiger partial charge in [-0.15, -0.1) is 0 Å². The van der Waals surface area contributed by atoms with Gasteiger partial charge in [0.2, 0.25) is 0 Å². The van der Waals surface area contributed by atoms with Crippen molar-refractivity contribution in [2.75, 3.05) is 13.7 Å². The van der Waals surface area contributed by atoms with Crippen molar-refractivity contribution in [1.29, 1.82) is 0 Å². The molecule has 6 nitrogen and oxygen atoms in total. The number of ether oxygens (including phenoxy) is 2. The van der Waals surface area contributed by atoms with E-state index < -0.39 is 23.5 Å². The maximum Gasteiger partial charge on any atom is 0.290 e. The highest BCUT2D eigenvalue weighted by molar-refractivity contribution is 6.14. The fraction of sp³-hybridized carbons (Fsp3) is 0.250. The Morgan fingerprint density at radius 1 is 1.00 bits per heavy atom. The Morgan fingerprint density at radius 3 is 2.34 bits per heavy atom. The molecule has 6 heteroatoms. The largest absolute Gasteiger partial charge is 0.503 e. The zero-order chi connectivity index (χ0) is 27.1. The molecule has 1 unspecified atom stereocenters. The maximum atomic E-state index is 13.4. The van der Waals surface area contributed by atoms with Crippen LogP contribution >= 0.6 is 0 Å². The quantitative estimate of drug-likeness (QED) is 0.306. The standard InChI is InChI=1S/C32H33NO5/c1-22(2)18-19-38-27-17-15-25(20-28(27)37-3)30-29(26(34)16-14-23-10-6-4-7-11-23)31(35)32(36)33(30)21-24-12-8-5-9-13-24/h4-17,20,22,30,35H,18-19,21H2,1-3H3/b16-14+. The van der Waals surface area contributed by atoms with Crippen LogP contribution < -0.4 is 9.47 Å². The summed E-state index contributed by atoms with van der Waals surface area (Å²) < 4.78 is 11.5. The summed E-state index contributed by atoms with van der Waals surface area (Å²) >= 11 is 0. The van der Waals surface area contributed by atoms with Crippen molar-refractivity contribution in [2.45, 2.75) is 32.9 Å². The first-order valence-corrected chi connectivity index (χ1v) is 12.7. The third kappa shape index (κ3) is 6.14. The van der Waals surface area contributed by atoms with E-state index in [2.05, 4.69) is 13.8 Å². The van der Waals surface area contributed by atoms with Gasteiger partial charge in [-0.1, -0.05) is 86.7 Å². The van der Waals surface area contributed by atoms with Crippen LogP contribution in [0.25, 0.3) is 6.08 Å². The van der Waals surface area contributed by atoms with Crippen molar-refractivity contribution >= 4 is 17.8 Å². The molecule has 0 saturated heterocycles. The number of aliphatic hydroxyl groups excluding tert-OH is 1. The summed E-state index contributed by atoms with van der Waals surface area (Å²) in [5.41, 5.74) is 2.40. The van der Waals surface area contributed by atoms with Gasteiger partial charge in [-0.05, 0) is 47.2 Å². The molecule has 0 spiro atoms. The Bertz CT molecular complexity index is 1330. The van der Waals surface area contributed by atoms with Gasteiger partial charge in [-0.25, -0.2) is 0 Å². The second-order valence-electron chi connectivity index (χ2n) is 9.63. The third-order valence-corrected chi connectivity index (χ3v) is 6.45. The van der Waals surface area contributed by atoms with Gasteiger partial charge in [0.1, 0.15) is 0 Å². The molecule has 4 rings (SSSR count). The summed E-state index contributed by atoms with van der Waals surface area (Å²) in [7, 11) is 1.55. The molecule has 1 amide bonds. The molecule has 38 heavy (non-hydrogen) atoms. The summed E-state index contributed by atoms with van der Waals surface area (Å²) in [6, 6.07) is 23.5. The minimum absolute atomic E-state index is 0.0358. The molecule has 0 bridgehead atoms. The van der Waals surface area contributed by atoms with E-state index in [-0.39, 0.29) is 12.1 Å². The number of allylic oxidation sites excluding steroid dienone is 1. The first-order chi connectivity index (χ1) is 18.4. The topological polar surface area (TPSA) is 76.1 Å². The fourth-order valence-electron chi connectivity index (χ4n) is 4.40. The lowest BCUT2D eigenvalue weighted by molar-refractivity contribution is -0.130. The molecule has 1 N–H and O–H groups in total. The molecule has 1 aliphatic rings. The Morgan fingerprint density at radius 2 is 1.68 bits per heavy atom. The number of hydrogen-bond donors (Lipinski definition) is 1. The van der Waals surface area contributed by atoms with Crippen molar-refractivity contribution in [3.8, 4) is 11.5 Å². The molecular formula is C32H33NO5. The second-order valence-corrected chi connectivity index (χ2v) is 9.63. The first kappa shape index (κ1) is 26.7. The minimum Gasteiger partial charge on any atom is -0.503 e. The zero-order valence-electron chi connectivity index (χ0n) is 22.0. The number of methoxy groups -OCH3 is 1. The van der Waals surface area contributed by atoms with E-state index >= 15 is 0 Å². The number of amides is 1. The number of benzene rings is 3. The summed E-state index contributed by atoms with van der Waals surface area (Å²) in [6.07, 6.45) is 3.97. The third-order valence-electron chi connectivity index (χ3n) is 6.45. The molecule has 196 valence electrons. The molecule has 0 saturated carbocycles. The molecule has 0 aliphatic carbocycles. The van der Waals surface area contributed by atoms with Crippen molar-refractivity contribution in [3.63, 3.8) is 0 Å². The highest BCUT2D eigenvalue weighted by atomic mass is 16.5. The highest BCUT2D eigenvalue weighted by Crippen LogP contribution is 2.41. The molecular weight excluding hydrogens is 478 g/mol. The smallest absolute Gasteiger partial charge is 0.290 e. The Hall–Kier alpha value is -4.32. The van der Waals surface area contributed by atoms with E-state index in [1.165, 1.54) is 11.0 Å². The Labute approximate surface area is 223 Å². The molecule has 1 heterocycles. The number of ketones is 1. The summed E-state index contributed by atoms with van der Waals surface area (Å²) in [4.78, 5) is 28.3. The summed E-state index contributed by atoms with van der Waals surface area (Å²) in [6.45, 7) is 5.03. The van der Waals surface area contributed by atoms with Crippen LogP contribution in [0.3, 0.4) is 0 Å². The van der Waals surface area contributed by atoms with Crippen LogP contribution in [0.5, 0.6) is 11.5 Å². The maximum absolute atomic E-state index is 13.4. The molecule has 3 aromatic carbocycles. The van der Waals surface area contributed by atoms with Crippen molar-refractivity contribution in [1.82, 2.24) is 4.90 Å². The molecule has 0 aromatic heterocycles. The van der Waals surface area contributed by atoms with Crippen LogP contribution in [0, 0.1) is 5.92 Å². The number of carbonyl (C=O) groups is 2. The molecule has 0 radical (unpaired) electrons. The van der Waals surface area contributed by atoms with E-state index in [0.29, 0.717) is 29.6 Å². The lowest BCUT2D eigenvalue weighted by Crippen LogP contribution is -2.30. The normalized spacial score (nSPS) is 15.5. The van der Waals surface area contributed by atoms with Crippen molar-refractivity contribution in [3.05, 3.63) is 113 Å². The van der Waals surface area contributed by atoms with E-state index in [1.807, 2.05) is 66.7 Å². The molecule has 0 fully saturated rings. The van der Waals surface area contributed by atoms with E-state index in [1.54, 1.807) is 25.3 Å². The van der Waals surface area contributed by atoms with Gasteiger partial charge < -0.3 is 19.5 Å². The van der Waals surface area contributed by atoms with Gasteiger partial charge in [-0.3, -0.25) is 9.59 Å². The van der Waals surface area contributed by atoms with Gasteiger partial charge in [0.05, 0.1) is 25.3 Å². The summed E-state index contributed by atoms with van der Waals surface area (Å²) in [5.74, 6) is 0.0205. The molecule has 1 atom stereocenters. The second kappa shape index (κ2) is 12.3. The van der Waals surface area contributed by atoms with Gasteiger partial charge in [0, 0.05) is 6.54 Å². The van der Waals surface area contributed by atoms with Gasteiger partial charge in [0.15, 0.2) is 23.0 Å². The Balaban J connectivity index is 1.71. The van der Waals surface area contributed by atoms with Crippen LogP contribution in [-0.2, 0) is 16.1 Å². The van der Waals surface area contributed by atoms with E-state index in [4.69, 9.17) is 9.47 Å². The lowest BCUT2D eigenvalue weighted by atomic mass is 9.95. The predicted octanol–water partition coefficient (Wildman–Crippen LogP) is 6.30. The molecule has 1 aliphatic heterocycles. The van der Waals surface area contributed by atoms with Crippen LogP contribution in [0.4, 0.5) is 0 Å². The van der Waals surface area contributed by atoms with Gasteiger partial charge in [0.25, 0.3) is 5.91 Å². The van der Waals surface area contributed by atoms with Crippen molar-refractivity contribution in [2.24, 2.45) is 5.92 Å². The molecule has 3 aromatic rings. The van der Waals surface area contributed by atoms with Crippen LogP contribution in [0.1, 0.15) is 43.0 Å². The van der Waals surface area contributed by atoms with Crippen LogP contribution in [-0.4, -0.2) is 35.4 Å². The number of rotatable bonds is 11. The fourth-order valence-corrected chi connectivity index (χ4v) is 4.40. The van der Waals surface area contributed by atoms with Gasteiger partial charge in [-0.2, -0.15) is 0 Å². The number of carbonyl (C=O) groups excluding carboxylic acids is 2. The average Bonchev–Trinajstić information content (AvgIpc) is 3.18. The van der Waals surface area contributed by atoms with E-state index in [9.17, 15) is 14.7 Å². The number of aliphatic hydroxyl groups is 1. The average molecular weight is 512 g/mol. The van der Waals surface area contributed by atoms with Crippen molar-refractivity contribution < 1.29 is 24.2 Å². The number of nitrogens with zero attached hydrogens (tertiary/aromatic N) is 1. The first-order valence-electron chi connectivity index (χ1n) is 12.7.